The Morgan fingerprint density at radius 2 is 2.15 bits per heavy atom. The lowest BCUT2D eigenvalue weighted by Crippen LogP contribution is -2.45. The van der Waals surface area contributed by atoms with Gasteiger partial charge in [-0.15, -0.1) is 0 Å². The van der Waals surface area contributed by atoms with Gasteiger partial charge in [0.25, 0.3) is 0 Å². The van der Waals surface area contributed by atoms with Crippen LogP contribution in [-0.2, 0) is 4.79 Å². The molecule has 2 aliphatic carbocycles. The van der Waals surface area contributed by atoms with Crippen LogP contribution in [0.25, 0.3) is 0 Å². The molecule has 13 heavy (non-hydrogen) atoms. The van der Waals surface area contributed by atoms with Crippen molar-refractivity contribution in [2.24, 2.45) is 17.1 Å². The molecule has 3 nitrogen and oxygen atoms in total. The molecule has 74 valence electrons. The highest BCUT2D eigenvalue weighted by Gasteiger charge is 2.48. The van der Waals surface area contributed by atoms with Gasteiger partial charge in [-0.1, -0.05) is 6.42 Å². The Morgan fingerprint density at radius 3 is 2.54 bits per heavy atom. The molecule has 0 heterocycles. The normalized spacial score (nSPS) is 27.8. The van der Waals surface area contributed by atoms with Gasteiger partial charge in [0.1, 0.15) is 6.04 Å². The Morgan fingerprint density at radius 1 is 1.54 bits per heavy atom. The molecule has 0 aromatic carbocycles. The van der Waals surface area contributed by atoms with Crippen LogP contribution in [0.1, 0.15) is 38.5 Å². The van der Waals surface area contributed by atoms with Gasteiger partial charge in [-0.05, 0) is 43.4 Å². The average molecular weight is 183 g/mol. The molecule has 1 atom stereocenters. The summed E-state index contributed by atoms with van der Waals surface area (Å²) in [4.78, 5) is 10.5. The Balaban J connectivity index is 1.71. The van der Waals surface area contributed by atoms with Crippen LogP contribution in [0.15, 0.2) is 0 Å². The van der Waals surface area contributed by atoms with Crippen LogP contribution < -0.4 is 5.73 Å². The third-order valence-corrected chi connectivity index (χ3v) is 3.76. The van der Waals surface area contributed by atoms with Crippen molar-refractivity contribution < 1.29 is 9.90 Å². The predicted molar refractivity (Wildman–Crippen MR) is 49.2 cm³/mol. The maximum atomic E-state index is 10.5. The van der Waals surface area contributed by atoms with E-state index in [0.717, 1.165) is 0 Å². The van der Waals surface area contributed by atoms with E-state index in [1.54, 1.807) is 0 Å². The third-order valence-electron chi connectivity index (χ3n) is 3.76. The highest BCUT2D eigenvalue weighted by Crippen LogP contribution is 2.59. The quantitative estimate of drug-likeness (QED) is 0.694. The van der Waals surface area contributed by atoms with E-state index in [-0.39, 0.29) is 0 Å². The van der Waals surface area contributed by atoms with Gasteiger partial charge >= 0.3 is 5.97 Å². The van der Waals surface area contributed by atoms with E-state index >= 15 is 0 Å². The van der Waals surface area contributed by atoms with Crippen molar-refractivity contribution in [1.82, 2.24) is 0 Å². The predicted octanol–water partition coefficient (Wildman–Crippen LogP) is 1.37. The van der Waals surface area contributed by atoms with Crippen molar-refractivity contribution in [1.29, 1.82) is 0 Å². The summed E-state index contributed by atoms with van der Waals surface area (Å²) in [6.07, 6.45) is 7.24. The Hall–Kier alpha value is -0.570. The molecule has 1 spiro atoms. The minimum atomic E-state index is -0.852. The largest absolute Gasteiger partial charge is 0.480 e. The van der Waals surface area contributed by atoms with Crippen LogP contribution in [0.2, 0.25) is 0 Å². The minimum absolute atomic E-state index is 0.589. The summed E-state index contributed by atoms with van der Waals surface area (Å²) in [5, 5.41) is 8.63. The summed E-state index contributed by atoms with van der Waals surface area (Å²) in [6.45, 7) is 0. The zero-order chi connectivity index (χ0) is 9.47. The standard InChI is InChI=1S/C10H17NO2/c11-8(9(12)13)4-7-5-10(6-7)2-1-3-10/h7-8H,1-6,11H2,(H,12,13)/t8-/m1/s1. The summed E-state index contributed by atoms with van der Waals surface area (Å²) in [5.41, 5.74) is 6.12. The molecule has 2 fully saturated rings. The van der Waals surface area contributed by atoms with E-state index in [2.05, 4.69) is 0 Å². The van der Waals surface area contributed by atoms with Gasteiger partial charge in [-0.3, -0.25) is 4.79 Å². The molecule has 3 heteroatoms. The number of nitrogens with two attached hydrogens (primary N) is 1. The van der Waals surface area contributed by atoms with Crippen molar-refractivity contribution in [3.63, 3.8) is 0 Å². The molecule has 0 radical (unpaired) electrons. The maximum Gasteiger partial charge on any atom is 0.320 e. The van der Waals surface area contributed by atoms with Gasteiger partial charge in [-0.2, -0.15) is 0 Å². The molecule has 2 aliphatic rings. The highest BCUT2D eigenvalue weighted by atomic mass is 16.4. The van der Waals surface area contributed by atoms with Crippen molar-refractivity contribution >= 4 is 5.97 Å². The van der Waals surface area contributed by atoms with Crippen molar-refractivity contribution in [2.75, 3.05) is 0 Å². The molecular weight excluding hydrogens is 166 g/mol. The Kier molecular flexibility index (Phi) is 2.06. The summed E-state index contributed by atoms with van der Waals surface area (Å²) in [5.74, 6) is -0.263. The molecule has 3 N–H and O–H groups in total. The topological polar surface area (TPSA) is 63.3 Å². The first kappa shape index (κ1) is 9.00. The first-order valence-corrected chi connectivity index (χ1v) is 5.10. The number of carbonyl (C=O) groups is 1. The molecule has 0 aromatic heterocycles. The summed E-state index contributed by atoms with van der Waals surface area (Å²) in [7, 11) is 0. The third kappa shape index (κ3) is 1.57. The van der Waals surface area contributed by atoms with Crippen LogP contribution in [0.5, 0.6) is 0 Å². The van der Waals surface area contributed by atoms with E-state index < -0.39 is 12.0 Å². The second-order valence-corrected chi connectivity index (χ2v) is 4.81. The number of carboxylic acid groups (broad SMARTS) is 1. The van der Waals surface area contributed by atoms with Gasteiger partial charge in [0.2, 0.25) is 0 Å². The summed E-state index contributed by atoms with van der Waals surface area (Å²) in [6, 6.07) is -0.637. The highest BCUT2D eigenvalue weighted by molar-refractivity contribution is 5.73. The SMILES string of the molecule is N[C@H](CC1CC2(CCC2)C1)C(=O)O. The Labute approximate surface area is 78.3 Å². The van der Waals surface area contributed by atoms with E-state index in [4.69, 9.17) is 10.8 Å². The summed E-state index contributed by atoms with van der Waals surface area (Å²) >= 11 is 0. The lowest BCUT2D eigenvalue weighted by atomic mass is 9.51. The molecule has 0 unspecified atom stereocenters. The summed E-state index contributed by atoms with van der Waals surface area (Å²) < 4.78 is 0. The number of aliphatic carboxylic acids is 1. The van der Waals surface area contributed by atoms with Crippen LogP contribution >= 0.6 is 0 Å². The molecule has 0 bridgehead atoms. The molecule has 0 aromatic rings. The molecule has 2 rings (SSSR count). The first-order chi connectivity index (χ1) is 6.11. The van der Waals surface area contributed by atoms with Crippen LogP contribution in [-0.4, -0.2) is 17.1 Å². The second kappa shape index (κ2) is 2.98. The lowest BCUT2D eigenvalue weighted by Gasteiger charge is -2.54. The van der Waals surface area contributed by atoms with Crippen LogP contribution in [0, 0.1) is 11.3 Å². The van der Waals surface area contributed by atoms with Gasteiger partial charge in [0.15, 0.2) is 0 Å². The fourth-order valence-electron chi connectivity index (χ4n) is 2.88. The van der Waals surface area contributed by atoms with Gasteiger partial charge < -0.3 is 10.8 Å². The zero-order valence-corrected chi connectivity index (χ0v) is 7.83. The fourth-order valence-corrected chi connectivity index (χ4v) is 2.88. The first-order valence-electron chi connectivity index (χ1n) is 5.10. The maximum absolute atomic E-state index is 10.5. The molecule has 2 saturated carbocycles. The molecule has 0 amide bonds. The van der Waals surface area contributed by atoms with E-state index in [1.807, 2.05) is 0 Å². The monoisotopic (exact) mass is 183 g/mol. The zero-order valence-electron chi connectivity index (χ0n) is 7.83. The molecule has 0 aliphatic heterocycles. The van der Waals surface area contributed by atoms with Crippen LogP contribution in [0.3, 0.4) is 0 Å². The number of rotatable bonds is 3. The fraction of sp³-hybridized carbons (Fsp3) is 0.900. The van der Waals surface area contributed by atoms with E-state index in [9.17, 15) is 4.79 Å². The number of carboxylic acids is 1. The van der Waals surface area contributed by atoms with Gasteiger partial charge in [0, 0.05) is 0 Å². The number of hydrogen-bond acceptors (Lipinski definition) is 2. The van der Waals surface area contributed by atoms with Crippen molar-refractivity contribution in [3.8, 4) is 0 Å². The van der Waals surface area contributed by atoms with Crippen LogP contribution in [0.4, 0.5) is 0 Å². The lowest BCUT2D eigenvalue weighted by molar-refractivity contribution is -0.140. The van der Waals surface area contributed by atoms with Crippen molar-refractivity contribution in [3.05, 3.63) is 0 Å². The Bertz CT molecular complexity index is 215. The minimum Gasteiger partial charge on any atom is -0.480 e. The van der Waals surface area contributed by atoms with E-state index in [1.165, 1.54) is 32.1 Å². The molecule has 0 saturated heterocycles. The molecular formula is C10H17NO2. The average Bonchev–Trinajstić information content (AvgIpc) is 1.90. The second-order valence-electron chi connectivity index (χ2n) is 4.81. The number of hydrogen-bond donors (Lipinski definition) is 2. The van der Waals surface area contributed by atoms with Gasteiger partial charge in [-0.25, -0.2) is 0 Å². The van der Waals surface area contributed by atoms with E-state index in [0.29, 0.717) is 17.8 Å². The van der Waals surface area contributed by atoms with Crippen molar-refractivity contribution in [2.45, 2.75) is 44.6 Å². The van der Waals surface area contributed by atoms with Gasteiger partial charge in [0.05, 0.1) is 0 Å². The smallest absolute Gasteiger partial charge is 0.320 e.